The van der Waals surface area contributed by atoms with Crippen molar-refractivity contribution in [3.63, 3.8) is 0 Å². The van der Waals surface area contributed by atoms with Gasteiger partial charge in [-0.2, -0.15) is 5.10 Å². The Labute approximate surface area is 183 Å². The first kappa shape index (κ1) is 19.1. The van der Waals surface area contributed by atoms with Gasteiger partial charge in [0.25, 0.3) is 5.91 Å². The monoisotopic (exact) mass is 431 g/mol. The normalized spacial score (nSPS) is 21.8. The van der Waals surface area contributed by atoms with Crippen molar-refractivity contribution in [3.8, 4) is 0 Å². The molecule has 0 radical (unpaired) electrons. The van der Waals surface area contributed by atoms with E-state index in [0.29, 0.717) is 40.5 Å². The number of aryl methyl sites for hydroxylation is 1. The molecule has 2 N–H and O–H groups in total. The van der Waals surface area contributed by atoms with E-state index in [9.17, 15) is 9.18 Å². The van der Waals surface area contributed by atoms with E-state index in [4.69, 9.17) is 0 Å². The highest BCUT2D eigenvalue weighted by Crippen LogP contribution is 2.45. The average Bonchev–Trinajstić information content (AvgIpc) is 3.46. The Kier molecular flexibility index (Phi) is 4.16. The predicted molar refractivity (Wildman–Crippen MR) is 119 cm³/mol. The number of fused-ring (bicyclic) bond motifs is 3. The molecular weight excluding hydrogens is 409 g/mol. The van der Waals surface area contributed by atoms with Crippen LogP contribution in [-0.4, -0.2) is 51.2 Å². The van der Waals surface area contributed by atoms with E-state index in [1.165, 1.54) is 12.5 Å². The quantitative estimate of drug-likeness (QED) is 0.517. The molecule has 3 aromatic heterocycles. The summed E-state index contributed by atoms with van der Waals surface area (Å²) in [6.45, 7) is 2.78. The summed E-state index contributed by atoms with van der Waals surface area (Å²) in [4.78, 5) is 19.7. The topological polar surface area (TPSA) is 87.5 Å². The van der Waals surface area contributed by atoms with Gasteiger partial charge in [-0.3, -0.25) is 4.79 Å². The van der Waals surface area contributed by atoms with Crippen LogP contribution in [0.5, 0.6) is 0 Å². The lowest BCUT2D eigenvalue weighted by atomic mass is 9.80. The van der Waals surface area contributed by atoms with Crippen LogP contribution in [0.4, 0.5) is 15.8 Å². The van der Waals surface area contributed by atoms with E-state index >= 15 is 0 Å². The molecule has 0 spiro atoms. The number of pyridine rings is 1. The van der Waals surface area contributed by atoms with Gasteiger partial charge in [-0.15, -0.1) is 5.10 Å². The van der Waals surface area contributed by atoms with E-state index in [2.05, 4.69) is 30.7 Å². The fourth-order valence-corrected chi connectivity index (χ4v) is 5.27. The van der Waals surface area contributed by atoms with Crippen LogP contribution >= 0.6 is 0 Å². The molecule has 1 saturated carbocycles. The Balaban J connectivity index is 1.35. The second-order valence-electron chi connectivity index (χ2n) is 8.60. The third kappa shape index (κ3) is 2.77. The molecule has 3 fully saturated rings. The molecule has 7 rings (SSSR count). The minimum Gasteiger partial charge on any atom is -0.366 e. The van der Waals surface area contributed by atoms with Crippen LogP contribution in [0.15, 0.2) is 42.9 Å². The van der Waals surface area contributed by atoms with Crippen LogP contribution in [0, 0.1) is 18.7 Å². The van der Waals surface area contributed by atoms with Crippen molar-refractivity contribution in [2.45, 2.75) is 25.4 Å². The van der Waals surface area contributed by atoms with Gasteiger partial charge in [-0.1, -0.05) is 0 Å². The molecule has 5 heterocycles. The molecule has 3 aliphatic rings. The molecule has 3 atom stereocenters. The van der Waals surface area contributed by atoms with Crippen molar-refractivity contribution in [2.24, 2.45) is 5.92 Å². The number of nitrogens with one attached hydrogen (secondary N) is 2. The van der Waals surface area contributed by atoms with Gasteiger partial charge in [-0.25, -0.2) is 9.37 Å². The molecular formula is C23H22FN7O. The van der Waals surface area contributed by atoms with Crippen LogP contribution in [0.2, 0.25) is 0 Å². The van der Waals surface area contributed by atoms with Gasteiger partial charge in [-0.05, 0) is 44.5 Å². The molecule has 162 valence electrons. The number of carbonyl (C=O) groups excluding carboxylic acids is 1. The van der Waals surface area contributed by atoms with Crippen LogP contribution in [0.25, 0.3) is 16.6 Å². The van der Waals surface area contributed by atoms with Gasteiger partial charge in [0, 0.05) is 48.2 Å². The van der Waals surface area contributed by atoms with Crippen molar-refractivity contribution >= 4 is 33.8 Å². The summed E-state index contributed by atoms with van der Waals surface area (Å²) in [5, 5.41) is 15.4. The van der Waals surface area contributed by atoms with Crippen LogP contribution in [0.1, 0.15) is 22.5 Å². The number of amides is 1. The Morgan fingerprint density at radius 3 is 2.94 bits per heavy atom. The number of hydrogen-bond acceptors (Lipinski definition) is 6. The van der Waals surface area contributed by atoms with E-state index < -0.39 is 5.82 Å². The molecule has 2 bridgehead atoms. The highest BCUT2D eigenvalue weighted by molar-refractivity contribution is 6.13. The van der Waals surface area contributed by atoms with Gasteiger partial charge in [0.05, 0.1) is 23.1 Å². The highest BCUT2D eigenvalue weighted by atomic mass is 19.1. The van der Waals surface area contributed by atoms with E-state index in [1.807, 2.05) is 19.2 Å². The maximum Gasteiger partial charge on any atom is 0.257 e. The van der Waals surface area contributed by atoms with Gasteiger partial charge in [0.15, 0.2) is 11.5 Å². The summed E-state index contributed by atoms with van der Waals surface area (Å²) in [5.41, 5.74) is 3.27. The van der Waals surface area contributed by atoms with Gasteiger partial charge in [0.1, 0.15) is 5.52 Å². The molecule has 2 aliphatic heterocycles. The number of aromatic nitrogens is 4. The number of likely N-dealkylation sites (N-methyl/N-ethyl adjacent to an activating group) is 1. The molecule has 1 amide bonds. The SMILES string of the molecule is CNC1C2CC1N(c1ccc(C(=O)Nc3cc(F)c4nc(C)cn4c3)c3nnccc13)C2. The summed E-state index contributed by atoms with van der Waals surface area (Å²) in [7, 11) is 2.01. The lowest BCUT2D eigenvalue weighted by molar-refractivity contribution is 0.102. The summed E-state index contributed by atoms with van der Waals surface area (Å²) < 4.78 is 16.0. The zero-order chi connectivity index (χ0) is 22.0. The molecule has 3 unspecified atom stereocenters. The zero-order valence-corrected chi connectivity index (χ0v) is 17.7. The van der Waals surface area contributed by atoms with Crippen LogP contribution in [-0.2, 0) is 0 Å². The maximum absolute atomic E-state index is 14.4. The van der Waals surface area contributed by atoms with Crippen molar-refractivity contribution in [3.05, 3.63) is 59.9 Å². The fraction of sp³-hybridized carbons (Fsp3) is 0.304. The minimum atomic E-state index is -0.497. The van der Waals surface area contributed by atoms with Gasteiger partial charge in [0.2, 0.25) is 0 Å². The van der Waals surface area contributed by atoms with Crippen molar-refractivity contribution in [1.29, 1.82) is 0 Å². The number of carbonyl (C=O) groups is 1. The Morgan fingerprint density at radius 1 is 1.25 bits per heavy atom. The zero-order valence-electron chi connectivity index (χ0n) is 17.7. The number of nitrogens with zero attached hydrogens (tertiary/aromatic N) is 5. The van der Waals surface area contributed by atoms with Gasteiger partial charge < -0.3 is 19.9 Å². The first-order chi connectivity index (χ1) is 15.5. The molecule has 1 aliphatic carbocycles. The summed E-state index contributed by atoms with van der Waals surface area (Å²) >= 11 is 0. The summed E-state index contributed by atoms with van der Waals surface area (Å²) in [5.74, 6) is -0.214. The molecule has 8 nitrogen and oxygen atoms in total. The standard InChI is InChI=1S/C23H22FN7O/c1-12-9-30-11-14(8-17(24)22(30)27-12)28-23(32)16-3-4-18(15-5-6-26-29-21(15)16)31-10-13-7-19(31)20(13)25-2/h3-6,8-9,11,13,19-20,25H,7,10H2,1-2H3,(H,28,32). The number of halogens is 1. The number of rotatable bonds is 4. The molecule has 2 saturated heterocycles. The smallest absolute Gasteiger partial charge is 0.257 e. The number of anilines is 2. The second-order valence-corrected chi connectivity index (χ2v) is 8.60. The maximum atomic E-state index is 14.4. The largest absolute Gasteiger partial charge is 0.366 e. The first-order valence-electron chi connectivity index (χ1n) is 10.7. The lowest BCUT2D eigenvalue weighted by Crippen LogP contribution is -2.51. The molecule has 1 aromatic carbocycles. The third-order valence-electron chi connectivity index (χ3n) is 6.73. The lowest BCUT2D eigenvalue weighted by Gasteiger charge is -2.37. The Bertz CT molecular complexity index is 1380. The summed E-state index contributed by atoms with van der Waals surface area (Å²) in [6.07, 6.45) is 6.18. The average molecular weight is 431 g/mol. The number of hydrogen-bond donors (Lipinski definition) is 2. The minimum absolute atomic E-state index is 0.227. The second kappa shape index (κ2) is 6.96. The Hall–Kier alpha value is -3.59. The molecule has 4 aromatic rings. The fourth-order valence-electron chi connectivity index (χ4n) is 5.27. The van der Waals surface area contributed by atoms with Crippen molar-refractivity contribution < 1.29 is 9.18 Å². The number of imidazole rings is 1. The van der Waals surface area contributed by atoms with Crippen molar-refractivity contribution in [1.82, 2.24) is 24.9 Å². The molecule has 9 heteroatoms. The first-order valence-corrected chi connectivity index (χ1v) is 10.7. The van der Waals surface area contributed by atoms with E-state index in [0.717, 1.165) is 17.6 Å². The third-order valence-corrected chi connectivity index (χ3v) is 6.73. The number of benzene rings is 1. The van der Waals surface area contributed by atoms with Gasteiger partial charge >= 0.3 is 0 Å². The predicted octanol–water partition coefficient (Wildman–Crippen LogP) is 2.77. The highest BCUT2D eigenvalue weighted by Gasteiger charge is 2.51. The van der Waals surface area contributed by atoms with Crippen LogP contribution in [0.3, 0.4) is 0 Å². The Morgan fingerprint density at radius 2 is 2.12 bits per heavy atom. The van der Waals surface area contributed by atoms with E-state index in [-0.39, 0.29) is 11.6 Å². The summed E-state index contributed by atoms with van der Waals surface area (Å²) in [6, 6.07) is 7.89. The van der Waals surface area contributed by atoms with E-state index in [1.54, 1.807) is 36.0 Å². The molecule has 32 heavy (non-hydrogen) atoms. The van der Waals surface area contributed by atoms with Crippen LogP contribution < -0.4 is 15.5 Å². The van der Waals surface area contributed by atoms with Crippen molar-refractivity contribution in [2.75, 3.05) is 23.8 Å².